The Balaban J connectivity index is 1.45. The van der Waals surface area contributed by atoms with Gasteiger partial charge in [0.15, 0.2) is 0 Å². The quantitative estimate of drug-likeness (QED) is 0.584. The third-order valence-electron chi connectivity index (χ3n) is 7.68. The van der Waals surface area contributed by atoms with Crippen molar-refractivity contribution in [2.75, 3.05) is 13.2 Å². The standard InChI is InChI=1S/C27H32N2O6/c1-26(2,24(33)29-14-16(30)13-22(29)23(31)32)27(3,4)28-25(34)35-15-21-19-11-7-5-9-17(19)18-10-6-8-12-20(18)21/h5-12,16,21-22,30H,13-15H2,1-4H3,(H,28,34)(H,31,32)/t16?,22-/m0/s1. The number of hydrogen-bond donors (Lipinski definition) is 3. The fourth-order valence-electron chi connectivity index (χ4n) is 4.94. The molecule has 0 saturated carbocycles. The van der Waals surface area contributed by atoms with Gasteiger partial charge in [-0.1, -0.05) is 48.5 Å². The van der Waals surface area contributed by atoms with Crippen LogP contribution in [0, 0.1) is 5.41 Å². The zero-order chi connectivity index (χ0) is 25.5. The van der Waals surface area contributed by atoms with Gasteiger partial charge in [0.2, 0.25) is 5.91 Å². The Morgan fingerprint density at radius 1 is 1.00 bits per heavy atom. The molecule has 8 nitrogen and oxygen atoms in total. The summed E-state index contributed by atoms with van der Waals surface area (Å²) in [5.74, 6) is -1.70. The third kappa shape index (κ3) is 4.38. The van der Waals surface area contributed by atoms with Gasteiger partial charge in [-0.15, -0.1) is 0 Å². The van der Waals surface area contributed by atoms with Gasteiger partial charge in [-0.05, 0) is 49.9 Å². The SMILES string of the molecule is CC(C)(NC(=O)OCC1c2ccccc2-c2ccccc21)C(C)(C)C(=O)N1CC(O)C[C@H]1C(=O)O. The predicted octanol–water partition coefficient (Wildman–Crippen LogP) is 3.38. The van der Waals surface area contributed by atoms with E-state index in [1.54, 1.807) is 27.7 Å². The van der Waals surface area contributed by atoms with E-state index in [-0.39, 0.29) is 25.5 Å². The zero-order valence-corrected chi connectivity index (χ0v) is 20.4. The number of likely N-dealkylation sites (tertiary alicyclic amines) is 1. The monoisotopic (exact) mass is 480 g/mol. The number of carboxylic acid groups (broad SMARTS) is 1. The topological polar surface area (TPSA) is 116 Å². The minimum absolute atomic E-state index is 0.0165. The lowest BCUT2D eigenvalue weighted by Crippen LogP contribution is -2.61. The summed E-state index contributed by atoms with van der Waals surface area (Å²) in [6, 6.07) is 15.0. The first-order valence-electron chi connectivity index (χ1n) is 11.8. The van der Waals surface area contributed by atoms with Crippen LogP contribution in [-0.2, 0) is 14.3 Å². The number of benzene rings is 2. The highest BCUT2D eigenvalue weighted by Gasteiger charge is 2.51. The number of rotatable bonds is 6. The fourth-order valence-corrected chi connectivity index (χ4v) is 4.94. The smallest absolute Gasteiger partial charge is 0.407 e. The van der Waals surface area contributed by atoms with Crippen molar-refractivity contribution < 1.29 is 29.3 Å². The van der Waals surface area contributed by atoms with Crippen molar-refractivity contribution in [2.45, 2.75) is 57.7 Å². The normalized spacial score (nSPS) is 19.7. The first kappa shape index (κ1) is 24.7. The number of nitrogens with one attached hydrogen (secondary N) is 1. The van der Waals surface area contributed by atoms with Crippen LogP contribution in [0.3, 0.4) is 0 Å². The molecule has 1 aliphatic carbocycles. The largest absolute Gasteiger partial charge is 0.480 e. The van der Waals surface area contributed by atoms with Gasteiger partial charge in [-0.25, -0.2) is 9.59 Å². The lowest BCUT2D eigenvalue weighted by Gasteiger charge is -2.43. The summed E-state index contributed by atoms with van der Waals surface area (Å²) in [5.41, 5.74) is 2.22. The number of alkyl carbamates (subject to hydrolysis) is 1. The van der Waals surface area contributed by atoms with Gasteiger partial charge in [0.25, 0.3) is 0 Å². The number of carbonyl (C=O) groups is 3. The summed E-state index contributed by atoms with van der Waals surface area (Å²) in [4.78, 5) is 39.0. The van der Waals surface area contributed by atoms with Crippen LogP contribution in [0.1, 0.15) is 51.2 Å². The molecule has 1 heterocycles. The number of carbonyl (C=O) groups excluding carboxylic acids is 2. The van der Waals surface area contributed by atoms with E-state index in [9.17, 15) is 24.6 Å². The van der Waals surface area contributed by atoms with Crippen LogP contribution in [0.4, 0.5) is 4.79 Å². The number of β-amino-alcohol motifs (C(OH)–C–C–N with tert-alkyl or cyclic N) is 1. The van der Waals surface area contributed by atoms with Crippen LogP contribution in [0.2, 0.25) is 0 Å². The van der Waals surface area contributed by atoms with Crippen LogP contribution < -0.4 is 5.32 Å². The molecule has 2 aliphatic rings. The van der Waals surface area contributed by atoms with Gasteiger partial charge >= 0.3 is 12.1 Å². The second-order valence-corrected chi connectivity index (χ2v) is 10.4. The second-order valence-electron chi connectivity index (χ2n) is 10.4. The van der Waals surface area contributed by atoms with Crippen LogP contribution in [0.15, 0.2) is 48.5 Å². The summed E-state index contributed by atoms with van der Waals surface area (Å²) >= 11 is 0. The summed E-state index contributed by atoms with van der Waals surface area (Å²) in [5, 5.41) is 22.2. The van der Waals surface area contributed by atoms with Crippen LogP contribution >= 0.6 is 0 Å². The average molecular weight is 481 g/mol. The van der Waals surface area contributed by atoms with Crippen molar-refractivity contribution >= 4 is 18.0 Å². The van der Waals surface area contributed by atoms with Crippen molar-refractivity contribution in [3.63, 3.8) is 0 Å². The lowest BCUT2D eigenvalue weighted by atomic mass is 9.73. The Kier molecular flexibility index (Phi) is 6.36. The Morgan fingerprint density at radius 2 is 1.54 bits per heavy atom. The molecule has 0 radical (unpaired) electrons. The average Bonchev–Trinajstić information content (AvgIpc) is 3.35. The van der Waals surface area contributed by atoms with Crippen molar-refractivity contribution in [3.05, 3.63) is 59.7 Å². The highest BCUT2D eigenvalue weighted by atomic mass is 16.5. The molecule has 186 valence electrons. The zero-order valence-electron chi connectivity index (χ0n) is 20.4. The molecule has 0 aromatic heterocycles. The summed E-state index contributed by atoms with van der Waals surface area (Å²) < 4.78 is 5.64. The van der Waals surface area contributed by atoms with Gasteiger partial charge in [0.05, 0.1) is 17.1 Å². The fraction of sp³-hybridized carbons (Fsp3) is 0.444. The molecule has 1 aliphatic heterocycles. The lowest BCUT2D eigenvalue weighted by molar-refractivity contribution is -0.154. The Hall–Kier alpha value is -3.39. The Bertz CT molecular complexity index is 1110. The van der Waals surface area contributed by atoms with Crippen molar-refractivity contribution in [3.8, 4) is 11.1 Å². The summed E-state index contributed by atoms with van der Waals surface area (Å²) in [6.07, 6.45) is -1.57. The summed E-state index contributed by atoms with van der Waals surface area (Å²) in [7, 11) is 0. The second kappa shape index (κ2) is 9.00. The number of ether oxygens (including phenoxy) is 1. The maximum absolute atomic E-state index is 13.4. The summed E-state index contributed by atoms with van der Waals surface area (Å²) in [6.45, 7) is 6.80. The number of aliphatic hydroxyl groups excluding tert-OH is 1. The number of hydrogen-bond acceptors (Lipinski definition) is 5. The number of aliphatic hydroxyl groups is 1. The molecule has 35 heavy (non-hydrogen) atoms. The van der Waals surface area contributed by atoms with Gasteiger partial charge < -0.3 is 25.2 Å². The van der Waals surface area contributed by atoms with Gasteiger partial charge in [-0.2, -0.15) is 0 Å². The van der Waals surface area contributed by atoms with Crippen molar-refractivity contribution in [2.24, 2.45) is 5.41 Å². The molecule has 1 saturated heterocycles. The van der Waals surface area contributed by atoms with E-state index >= 15 is 0 Å². The maximum Gasteiger partial charge on any atom is 0.407 e. The van der Waals surface area contributed by atoms with Gasteiger partial charge in [0, 0.05) is 18.9 Å². The van der Waals surface area contributed by atoms with E-state index in [0.717, 1.165) is 22.3 Å². The highest BCUT2D eigenvalue weighted by molar-refractivity contribution is 5.89. The van der Waals surface area contributed by atoms with Gasteiger partial charge in [-0.3, -0.25) is 4.79 Å². The first-order chi connectivity index (χ1) is 16.4. The molecule has 0 bridgehead atoms. The molecule has 0 spiro atoms. The van der Waals surface area contributed by atoms with E-state index in [0.29, 0.717) is 0 Å². The molecule has 2 amide bonds. The van der Waals surface area contributed by atoms with Crippen molar-refractivity contribution in [1.82, 2.24) is 10.2 Å². The molecule has 2 atom stereocenters. The first-order valence-corrected chi connectivity index (χ1v) is 11.8. The number of aliphatic carboxylic acids is 1. The van der Waals surface area contributed by atoms with Crippen molar-refractivity contribution in [1.29, 1.82) is 0 Å². The third-order valence-corrected chi connectivity index (χ3v) is 7.68. The van der Waals surface area contributed by atoms with E-state index in [1.165, 1.54) is 4.90 Å². The number of nitrogens with zero attached hydrogens (tertiary/aromatic N) is 1. The molecule has 1 unspecified atom stereocenters. The van der Waals surface area contributed by atoms with E-state index < -0.39 is 41.1 Å². The minimum Gasteiger partial charge on any atom is -0.480 e. The molecule has 1 fully saturated rings. The number of fused-ring (bicyclic) bond motifs is 3. The van der Waals surface area contributed by atoms with Crippen LogP contribution in [0.5, 0.6) is 0 Å². The maximum atomic E-state index is 13.4. The van der Waals surface area contributed by atoms with E-state index in [4.69, 9.17) is 4.74 Å². The molecule has 4 rings (SSSR count). The predicted molar refractivity (Wildman–Crippen MR) is 130 cm³/mol. The van der Waals surface area contributed by atoms with E-state index in [2.05, 4.69) is 17.4 Å². The number of amides is 2. The molecule has 8 heteroatoms. The molecule has 2 aromatic carbocycles. The Labute approximate surface area is 204 Å². The van der Waals surface area contributed by atoms with E-state index in [1.807, 2.05) is 36.4 Å². The molecule has 2 aromatic rings. The minimum atomic E-state index is -1.17. The highest BCUT2D eigenvalue weighted by Crippen LogP contribution is 2.44. The molecular weight excluding hydrogens is 448 g/mol. The number of carboxylic acids is 1. The molecular formula is C27H32N2O6. The molecule has 3 N–H and O–H groups in total. The van der Waals surface area contributed by atoms with Gasteiger partial charge in [0.1, 0.15) is 12.6 Å². The van der Waals surface area contributed by atoms with Crippen LogP contribution in [0.25, 0.3) is 11.1 Å². The Morgan fingerprint density at radius 3 is 2.09 bits per heavy atom. The van der Waals surface area contributed by atoms with Crippen LogP contribution in [-0.4, -0.2) is 63.9 Å².